The molecule has 0 spiro atoms. The van der Waals surface area contributed by atoms with Gasteiger partial charge in [0.15, 0.2) is 0 Å². The van der Waals surface area contributed by atoms with E-state index >= 15 is 0 Å². The molecule has 0 aliphatic carbocycles. The van der Waals surface area contributed by atoms with Crippen molar-refractivity contribution < 1.29 is 9.53 Å². The first-order valence-electron chi connectivity index (χ1n) is 7.88. The normalized spacial score (nSPS) is 22.2. The zero-order valence-corrected chi connectivity index (χ0v) is 13.0. The summed E-state index contributed by atoms with van der Waals surface area (Å²) in [7, 11) is 0. The van der Waals surface area contributed by atoms with E-state index in [2.05, 4.69) is 48.3 Å². The highest BCUT2D eigenvalue weighted by atomic mass is 16.5. The molecule has 1 aromatic carbocycles. The fourth-order valence-corrected chi connectivity index (χ4v) is 2.73. The van der Waals surface area contributed by atoms with Gasteiger partial charge in [0.2, 0.25) is 0 Å². The van der Waals surface area contributed by atoms with Gasteiger partial charge in [-0.1, -0.05) is 50.6 Å². The number of unbranched alkanes of at least 4 members (excludes halogenated alkanes) is 1. The van der Waals surface area contributed by atoms with Gasteiger partial charge in [-0.2, -0.15) is 0 Å². The van der Waals surface area contributed by atoms with E-state index in [9.17, 15) is 4.79 Å². The molecule has 1 saturated heterocycles. The molecular weight excluding hydrogens is 264 g/mol. The number of nitrogens with zero attached hydrogens (tertiary/aromatic N) is 1. The molecule has 1 heterocycles. The van der Waals surface area contributed by atoms with Crippen molar-refractivity contribution >= 4 is 6.09 Å². The van der Waals surface area contributed by atoms with Crippen LogP contribution in [0.5, 0.6) is 0 Å². The third kappa shape index (κ3) is 5.05. The summed E-state index contributed by atoms with van der Waals surface area (Å²) in [5.41, 5.74) is 1.32. The molecule has 1 N–H and O–H groups in total. The average Bonchev–Trinajstić information content (AvgIpc) is 2.80. The number of hydrogen-bond acceptors (Lipinski definition) is 3. The van der Waals surface area contributed by atoms with Gasteiger partial charge >= 0.3 is 6.09 Å². The predicted molar refractivity (Wildman–Crippen MR) is 84.1 cm³/mol. The zero-order valence-electron chi connectivity index (χ0n) is 13.0. The van der Waals surface area contributed by atoms with E-state index in [-0.39, 0.29) is 12.1 Å². The fourth-order valence-electron chi connectivity index (χ4n) is 2.73. The summed E-state index contributed by atoms with van der Waals surface area (Å²) < 4.78 is 5.18. The van der Waals surface area contributed by atoms with Gasteiger partial charge in [0.25, 0.3) is 0 Å². The molecule has 4 nitrogen and oxygen atoms in total. The van der Waals surface area contributed by atoms with E-state index in [1.165, 1.54) is 5.56 Å². The number of rotatable bonds is 6. The molecule has 0 aromatic heterocycles. The van der Waals surface area contributed by atoms with E-state index in [0.717, 1.165) is 32.5 Å². The Kier molecular flexibility index (Phi) is 6.05. The predicted octanol–water partition coefficient (Wildman–Crippen LogP) is 3.03. The van der Waals surface area contributed by atoms with Gasteiger partial charge in [-0.25, -0.2) is 4.79 Å². The number of ether oxygens (including phenoxy) is 1. The van der Waals surface area contributed by atoms with Gasteiger partial charge in [-0.05, 0) is 17.9 Å². The maximum atomic E-state index is 11.7. The number of hydrogen-bond donors (Lipinski definition) is 1. The Hall–Kier alpha value is -1.55. The molecule has 116 valence electrons. The Morgan fingerprint density at radius 1 is 1.33 bits per heavy atom. The summed E-state index contributed by atoms with van der Waals surface area (Å²) in [4.78, 5) is 14.1. The number of amides is 1. The third-order valence-corrected chi connectivity index (χ3v) is 3.97. The van der Waals surface area contributed by atoms with Gasteiger partial charge in [0, 0.05) is 25.7 Å². The van der Waals surface area contributed by atoms with Gasteiger partial charge in [0.05, 0.1) is 6.61 Å². The maximum absolute atomic E-state index is 11.7. The molecule has 21 heavy (non-hydrogen) atoms. The van der Waals surface area contributed by atoms with E-state index in [1.807, 2.05) is 6.07 Å². The molecule has 1 amide bonds. The van der Waals surface area contributed by atoms with Crippen molar-refractivity contribution in [2.45, 2.75) is 39.3 Å². The van der Waals surface area contributed by atoms with Gasteiger partial charge in [-0.15, -0.1) is 0 Å². The van der Waals surface area contributed by atoms with E-state index in [1.54, 1.807) is 0 Å². The highest BCUT2D eigenvalue weighted by molar-refractivity contribution is 5.67. The minimum Gasteiger partial charge on any atom is -0.450 e. The molecule has 1 aliphatic rings. The van der Waals surface area contributed by atoms with Crippen LogP contribution in [0.25, 0.3) is 0 Å². The minimum absolute atomic E-state index is 0.183. The maximum Gasteiger partial charge on any atom is 0.407 e. The molecule has 0 saturated carbocycles. The second-order valence-electron chi connectivity index (χ2n) is 5.90. The lowest BCUT2D eigenvalue weighted by Crippen LogP contribution is -2.40. The second kappa shape index (κ2) is 8.03. The van der Waals surface area contributed by atoms with Crippen LogP contribution in [0.3, 0.4) is 0 Å². The van der Waals surface area contributed by atoms with Crippen molar-refractivity contribution in [3.8, 4) is 0 Å². The van der Waals surface area contributed by atoms with Crippen LogP contribution in [-0.2, 0) is 11.3 Å². The van der Waals surface area contributed by atoms with Crippen molar-refractivity contribution in [1.29, 1.82) is 0 Å². The standard InChI is InChI=1S/C17H26N2O2/c1-3-4-10-21-17(20)18-16-13-19(11-14(16)2)12-15-8-6-5-7-9-15/h5-9,14,16H,3-4,10-13H2,1-2H3,(H,18,20)/t14-,16-/m0/s1. The first-order chi connectivity index (χ1) is 10.2. The van der Waals surface area contributed by atoms with Crippen LogP contribution >= 0.6 is 0 Å². The van der Waals surface area contributed by atoms with E-state index < -0.39 is 0 Å². The highest BCUT2D eigenvalue weighted by Gasteiger charge is 2.30. The van der Waals surface area contributed by atoms with Crippen LogP contribution in [0, 0.1) is 5.92 Å². The number of nitrogens with one attached hydrogen (secondary N) is 1. The molecule has 0 bridgehead atoms. The summed E-state index contributed by atoms with van der Waals surface area (Å²) in [5, 5.41) is 3.00. The smallest absolute Gasteiger partial charge is 0.407 e. The van der Waals surface area contributed by atoms with Crippen LogP contribution < -0.4 is 5.32 Å². The lowest BCUT2D eigenvalue weighted by Gasteiger charge is -2.17. The highest BCUT2D eigenvalue weighted by Crippen LogP contribution is 2.19. The summed E-state index contributed by atoms with van der Waals surface area (Å²) in [6.45, 7) is 7.61. The Morgan fingerprint density at radius 3 is 2.81 bits per heavy atom. The number of carbonyl (C=O) groups is 1. The number of alkyl carbamates (subject to hydrolysis) is 1. The van der Waals surface area contributed by atoms with Crippen LogP contribution in [0.4, 0.5) is 4.79 Å². The molecule has 1 fully saturated rings. The monoisotopic (exact) mass is 290 g/mol. The first kappa shape index (κ1) is 15.8. The number of likely N-dealkylation sites (tertiary alicyclic amines) is 1. The van der Waals surface area contributed by atoms with Crippen molar-refractivity contribution in [2.75, 3.05) is 19.7 Å². The largest absolute Gasteiger partial charge is 0.450 e. The fraction of sp³-hybridized carbons (Fsp3) is 0.588. The molecule has 2 rings (SSSR count). The van der Waals surface area contributed by atoms with Gasteiger partial charge in [0.1, 0.15) is 0 Å². The summed E-state index contributed by atoms with van der Waals surface area (Å²) >= 11 is 0. The Balaban J connectivity index is 1.77. The molecule has 4 heteroatoms. The van der Waals surface area contributed by atoms with Crippen molar-refractivity contribution in [2.24, 2.45) is 5.92 Å². The summed E-state index contributed by atoms with van der Waals surface area (Å²) in [6.07, 6.45) is 1.69. The molecular formula is C17H26N2O2. The second-order valence-corrected chi connectivity index (χ2v) is 5.90. The van der Waals surface area contributed by atoms with Gasteiger partial charge < -0.3 is 10.1 Å². The van der Waals surface area contributed by atoms with Crippen LogP contribution in [0.15, 0.2) is 30.3 Å². The quantitative estimate of drug-likeness (QED) is 0.819. The first-order valence-corrected chi connectivity index (χ1v) is 7.88. The lowest BCUT2D eigenvalue weighted by molar-refractivity contribution is 0.139. The minimum atomic E-state index is -0.276. The lowest BCUT2D eigenvalue weighted by atomic mass is 10.1. The zero-order chi connectivity index (χ0) is 15.1. The van der Waals surface area contributed by atoms with E-state index in [4.69, 9.17) is 4.74 Å². The average molecular weight is 290 g/mol. The molecule has 1 aromatic rings. The number of benzene rings is 1. The van der Waals surface area contributed by atoms with Crippen molar-refractivity contribution in [1.82, 2.24) is 10.2 Å². The van der Waals surface area contributed by atoms with Crippen molar-refractivity contribution in [3.63, 3.8) is 0 Å². The van der Waals surface area contributed by atoms with Crippen molar-refractivity contribution in [3.05, 3.63) is 35.9 Å². The molecule has 1 aliphatic heterocycles. The van der Waals surface area contributed by atoms with Crippen LogP contribution in [0.2, 0.25) is 0 Å². The Labute approximate surface area is 127 Å². The Bertz CT molecular complexity index is 436. The topological polar surface area (TPSA) is 41.6 Å². The van der Waals surface area contributed by atoms with Gasteiger partial charge in [-0.3, -0.25) is 4.90 Å². The molecule has 0 unspecified atom stereocenters. The summed E-state index contributed by atoms with van der Waals surface area (Å²) in [6, 6.07) is 10.6. The molecule has 0 radical (unpaired) electrons. The van der Waals surface area contributed by atoms with Crippen LogP contribution in [-0.4, -0.2) is 36.7 Å². The SMILES string of the molecule is CCCCOC(=O)N[C@H]1CN(Cc2ccccc2)C[C@@H]1C. The third-order valence-electron chi connectivity index (χ3n) is 3.97. The van der Waals surface area contributed by atoms with Crippen LogP contribution in [0.1, 0.15) is 32.3 Å². The number of carbonyl (C=O) groups excluding carboxylic acids is 1. The molecule has 2 atom stereocenters. The van der Waals surface area contributed by atoms with E-state index in [0.29, 0.717) is 12.5 Å². The summed E-state index contributed by atoms with van der Waals surface area (Å²) in [5.74, 6) is 0.451. The Morgan fingerprint density at radius 2 is 2.10 bits per heavy atom.